The van der Waals surface area contributed by atoms with Crippen molar-refractivity contribution in [1.29, 1.82) is 0 Å². The van der Waals surface area contributed by atoms with Crippen molar-refractivity contribution in [2.45, 2.75) is 56.4 Å². The van der Waals surface area contributed by atoms with Gasteiger partial charge >= 0.3 is 0 Å². The Labute approximate surface area is 237 Å². The van der Waals surface area contributed by atoms with Crippen LogP contribution in [0.1, 0.15) is 60.9 Å². The molecule has 0 aliphatic heterocycles. The van der Waals surface area contributed by atoms with Gasteiger partial charge in [-0.05, 0) is 43.2 Å². The average molecular weight is 608 g/mol. The van der Waals surface area contributed by atoms with E-state index < -0.39 is 10.0 Å². The van der Waals surface area contributed by atoms with Crippen LogP contribution in [0.4, 0.5) is 0 Å². The summed E-state index contributed by atoms with van der Waals surface area (Å²) in [6.07, 6.45) is 6.73. The van der Waals surface area contributed by atoms with Gasteiger partial charge in [0.25, 0.3) is 5.56 Å². The number of pyridine rings is 1. The Morgan fingerprint density at radius 3 is 2.00 bits per heavy atom. The molecule has 1 aliphatic carbocycles. The summed E-state index contributed by atoms with van der Waals surface area (Å²) in [5, 5.41) is 1.32. The van der Waals surface area contributed by atoms with Gasteiger partial charge in [0.2, 0.25) is 10.0 Å². The molecule has 6 nitrogen and oxygen atoms in total. The van der Waals surface area contributed by atoms with Crippen LogP contribution in [-0.2, 0) is 16.6 Å². The van der Waals surface area contributed by atoms with Crippen molar-refractivity contribution in [1.82, 2.24) is 9.29 Å². The summed E-state index contributed by atoms with van der Waals surface area (Å²) in [4.78, 5) is 27.0. The molecule has 1 aliphatic rings. The van der Waals surface area contributed by atoms with Gasteiger partial charge in [0.15, 0.2) is 5.78 Å². The van der Waals surface area contributed by atoms with Crippen molar-refractivity contribution in [3.8, 4) is 11.3 Å². The third-order valence-corrected chi connectivity index (χ3v) is 9.31. The molecular weight excluding hydrogens is 576 g/mol. The Kier molecular flexibility index (Phi) is 8.45. The van der Waals surface area contributed by atoms with Crippen LogP contribution < -0.4 is 10.3 Å². The van der Waals surface area contributed by atoms with E-state index in [2.05, 4.69) is 20.7 Å². The van der Waals surface area contributed by atoms with Gasteiger partial charge in [-0.2, -0.15) is 0 Å². The normalized spacial score (nSPS) is 12.6. The van der Waals surface area contributed by atoms with E-state index in [0.29, 0.717) is 29.6 Å². The van der Waals surface area contributed by atoms with Crippen molar-refractivity contribution in [2.75, 3.05) is 6.54 Å². The maximum absolute atomic E-state index is 13.4. The number of rotatable bonds is 12. The minimum atomic E-state index is -3.47. The monoisotopic (exact) mass is 606 g/mol. The van der Waals surface area contributed by atoms with Gasteiger partial charge < -0.3 is 4.57 Å². The van der Waals surface area contributed by atoms with Gasteiger partial charge in [0, 0.05) is 39.5 Å². The van der Waals surface area contributed by atoms with Crippen LogP contribution in [0.5, 0.6) is 0 Å². The molecule has 4 aromatic rings. The van der Waals surface area contributed by atoms with Crippen molar-refractivity contribution < 1.29 is 13.2 Å². The second-order valence-corrected chi connectivity index (χ2v) is 12.6. The van der Waals surface area contributed by atoms with E-state index in [9.17, 15) is 18.0 Å². The minimum absolute atomic E-state index is 0.00956. The molecule has 0 fully saturated rings. The van der Waals surface area contributed by atoms with Crippen LogP contribution in [-0.4, -0.2) is 25.3 Å². The summed E-state index contributed by atoms with van der Waals surface area (Å²) in [7, 11) is -3.47. The van der Waals surface area contributed by atoms with Crippen LogP contribution in [0.25, 0.3) is 22.0 Å². The topological polar surface area (TPSA) is 85.2 Å². The van der Waals surface area contributed by atoms with E-state index in [-0.39, 0.29) is 16.2 Å². The van der Waals surface area contributed by atoms with E-state index in [4.69, 9.17) is 0 Å². The first kappa shape index (κ1) is 27.5. The lowest BCUT2D eigenvalue weighted by atomic mass is 10.0. The number of hydrogen-bond acceptors (Lipinski definition) is 4. The number of fused-ring (bicyclic) bond motifs is 5. The molecule has 39 heavy (non-hydrogen) atoms. The van der Waals surface area contributed by atoms with Crippen molar-refractivity contribution in [2.24, 2.45) is 0 Å². The molecule has 0 bridgehead atoms. The van der Waals surface area contributed by atoms with Crippen molar-refractivity contribution >= 4 is 42.5 Å². The van der Waals surface area contributed by atoms with E-state index in [1.165, 1.54) is 0 Å². The predicted octanol–water partition coefficient (Wildman–Crippen LogP) is 6.68. The number of benzene rings is 3. The molecule has 0 unspecified atom stereocenters. The fraction of sp³-hybridized carbons (Fsp3) is 0.290. The van der Waals surface area contributed by atoms with Crippen LogP contribution >= 0.6 is 15.9 Å². The van der Waals surface area contributed by atoms with Gasteiger partial charge in [-0.1, -0.05) is 90.5 Å². The summed E-state index contributed by atoms with van der Waals surface area (Å²) in [5.74, 6) is -0.00956. The number of hydrogen-bond donors (Lipinski definition) is 1. The predicted molar refractivity (Wildman–Crippen MR) is 159 cm³/mol. The van der Waals surface area contributed by atoms with Crippen LogP contribution in [0, 0.1) is 0 Å². The fourth-order valence-corrected chi connectivity index (χ4v) is 6.66. The Morgan fingerprint density at radius 1 is 0.692 bits per heavy atom. The number of carbonyl (C=O) groups excluding carboxylic acids is 1. The Hall–Kier alpha value is -3.07. The lowest BCUT2D eigenvalue weighted by molar-refractivity contribution is 0.104. The van der Waals surface area contributed by atoms with Crippen LogP contribution in [0.15, 0.2) is 87.0 Å². The molecule has 5 rings (SSSR count). The number of nitrogens with one attached hydrogen (secondary N) is 1. The number of carbonyl (C=O) groups is 1. The minimum Gasteiger partial charge on any atom is -0.307 e. The molecule has 0 radical (unpaired) electrons. The number of ketones is 1. The number of unbranched alkanes of at least 4 members (excludes halogenated alkanes) is 6. The van der Waals surface area contributed by atoms with E-state index >= 15 is 0 Å². The highest BCUT2D eigenvalue weighted by Crippen LogP contribution is 2.39. The molecule has 202 valence electrons. The highest BCUT2D eigenvalue weighted by atomic mass is 79.9. The fourth-order valence-electron chi connectivity index (χ4n) is 5.33. The second-order valence-electron chi connectivity index (χ2n) is 9.93. The maximum atomic E-state index is 13.4. The van der Waals surface area contributed by atoms with E-state index in [0.717, 1.165) is 66.1 Å². The summed E-state index contributed by atoms with van der Waals surface area (Å²) in [5.41, 5.74) is 2.86. The number of aromatic nitrogens is 1. The molecule has 0 saturated carbocycles. The van der Waals surface area contributed by atoms with Gasteiger partial charge in [-0.25, -0.2) is 13.1 Å². The highest BCUT2D eigenvalue weighted by Gasteiger charge is 2.32. The smallest absolute Gasteiger partial charge is 0.258 e. The third kappa shape index (κ3) is 5.78. The molecule has 1 heterocycles. The van der Waals surface area contributed by atoms with Gasteiger partial charge in [-0.3, -0.25) is 9.59 Å². The molecule has 3 aromatic carbocycles. The molecule has 0 saturated heterocycles. The first-order valence-corrected chi connectivity index (χ1v) is 15.7. The number of sulfonamides is 1. The van der Waals surface area contributed by atoms with E-state index in [1.54, 1.807) is 28.8 Å². The Morgan fingerprint density at radius 2 is 1.28 bits per heavy atom. The maximum Gasteiger partial charge on any atom is 0.258 e. The standard InChI is InChI=1S/C31H31BrN2O4S/c32-22-16-18-23(19-17-22)39(37,38)33-20-10-4-2-1-3-5-11-21-34-29-25-13-7-8-14-26(25)30(35)28(29)24-12-6-9-15-27(24)31(34)36/h6-9,12-19,33H,1-5,10-11,20-21H2. The zero-order chi connectivity index (χ0) is 27.4. The second kappa shape index (κ2) is 12.0. The zero-order valence-electron chi connectivity index (χ0n) is 21.7. The zero-order valence-corrected chi connectivity index (χ0v) is 24.1. The van der Waals surface area contributed by atoms with Gasteiger partial charge in [-0.15, -0.1) is 0 Å². The Bertz CT molecular complexity index is 1680. The van der Waals surface area contributed by atoms with Gasteiger partial charge in [0.05, 0.1) is 16.2 Å². The Balaban J connectivity index is 1.11. The van der Waals surface area contributed by atoms with Crippen LogP contribution in [0.2, 0.25) is 0 Å². The van der Waals surface area contributed by atoms with Gasteiger partial charge in [0.1, 0.15) is 0 Å². The average Bonchev–Trinajstić information content (AvgIpc) is 3.24. The summed E-state index contributed by atoms with van der Waals surface area (Å²) in [6, 6.07) is 21.6. The first-order chi connectivity index (χ1) is 18.9. The number of nitrogens with zero attached hydrogens (tertiary/aromatic N) is 1. The lowest BCUT2D eigenvalue weighted by Gasteiger charge is -2.15. The summed E-state index contributed by atoms with van der Waals surface area (Å²) in [6.45, 7) is 1.00. The quantitative estimate of drug-likeness (QED) is 0.160. The van der Waals surface area contributed by atoms with Crippen LogP contribution in [0.3, 0.4) is 0 Å². The van der Waals surface area contributed by atoms with Crippen molar-refractivity contribution in [3.63, 3.8) is 0 Å². The molecule has 0 amide bonds. The summed E-state index contributed by atoms with van der Waals surface area (Å²) < 4.78 is 30.0. The molecule has 1 N–H and O–H groups in total. The largest absolute Gasteiger partial charge is 0.307 e. The molecule has 8 heteroatoms. The molecule has 0 atom stereocenters. The summed E-state index contributed by atoms with van der Waals surface area (Å²) >= 11 is 3.32. The van der Waals surface area contributed by atoms with E-state index in [1.807, 2.05) is 48.5 Å². The molecular formula is C31H31BrN2O4S. The first-order valence-electron chi connectivity index (χ1n) is 13.4. The highest BCUT2D eigenvalue weighted by molar-refractivity contribution is 9.10. The molecule has 1 aromatic heterocycles. The SMILES string of the molecule is O=C1c2ccccc2-c2c1c1ccccc1c(=O)n2CCCCCCCCCNS(=O)(=O)c1ccc(Br)cc1. The lowest BCUT2D eigenvalue weighted by Crippen LogP contribution is -2.24. The molecule has 0 spiro atoms. The third-order valence-electron chi connectivity index (χ3n) is 7.31. The van der Waals surface area contributed by atoms with Crippen molar-refractivity contribution in [3.05, 3.63) is 98.7 Å². The number of halogens is 1.